The Morgan fingerprint density at radius 1 is 1.12 bits per heavy atom. The van der Waals surface area contributed by atoms with Crippen LogP contribution in [0.5, 0.6) is 5.75 Å². The highest BCUT2D eigenvalue weighted by atomic mass is 127. The molecule has 178 valence electrons. The van der Waals surface area contributed by atoms with Gasteiger partial charge in [0.1, 0.15) is 5.75 Å². The van der Waals surface area contributed by atoms with Gasteiger partial charge in [-0.2, -0.15) is 8.78 Å². The molecule has 0 amide bonds. The highest BCUT2D eigenvalue weighted by Gasteiger charge is 2.26. The minimum atomic E-state index is -2.84. The van der Waals surface area contributed by atoms with Crippen molar-refractivity contribution >= 4 is 41.3 Å². The Balaban J connectivity index is 0.00000306. The van der Waals surface area contributed by atoms with E-state index in [-0.39, 0.29) is 35.8 Å². The number of anilines is 2. The van der Waals surface area contributed by atoms with E-state index in [1.807, 2.05) is 12.1 Å². The van der Waals surface area contributed by atoms with Gasteiger partial charge < -0.3 is 25.2 Å². The van der Waals surface area contributed by atoms with Crippen LogP contribution in [0.15, 0.2) is 65.7 Å². The number of hydrogen-bond donors (Lipinski definition) is 2. The highest BCUT2D eigenvalue weighted by Crippen LogP contribution is 2.31. The van der Waals surface area contributed by atoms with Gasteiger partial charge in [0.25, 0.3) is 0 Å². The number of alkyl halides is 2. The molecule has 0 saturated carbocycles. The predicted octanol–water partition coefficient (Wildman–Crippen LogP) is 4.23. The molecule has 2 heterocycles. The molecule has 2 aliphatic rings. The Hall–Kier alpha value is -2.56. The molecule has 0 aliphatic carbocycles. The number of halogens is 3. The second-order valence-electron chi connectivity index (χ2n) is 7.89. The molecule has 1 fully saturated rings. The Labute approximate surface area is 210 Å². The monoisotopic (exact) mass is 569 g/mol. The molecule has 6 nitrogen and oxygen atoms in total. The zero-order chi connectivity index (χ0) is 22.3. The Morgan fingerprint density at radius 2 is 1.91 bits per heavy atom. The van der Waals surface area contributed by atoms with Gasteiger partial charge >= 0.3 is 6.61 Å². The van der Waals surface area contributed by atoms with Gasteiger partial charge in [-0.05, 0) is 36.2 Å². The van der Waals surface area contributed by atoms with Crippen molar-refractivity contribution in [1.82, 2.24) is 10.6 Å². The molecule has 0 spiro atoms. The second kappa shape index (κ2) is 12.1. The molecule has 0 aromatic heterocycles. The van der Waals surface area contributed by atoms with Crippen molar-refractivity contribution in [1.29, 1.82) is 0 Å². The lowest BCUT2D eigenvalue weighted by Crippen LogP contribution is -2.44. The second-order valence-corrected chi connectivity index (χ2v) is 7.89. The first-order chi connectivity index (χ1) is 15.6. The van der Waals surface area contributed by atoms with Crippen LogP contribution in [0.3, 0.4) is 0 Å². The molecular formula is C24H30F2IN5O. The van der Waals surface area contributed by atoms with Gasteiger partial charge in [0, 0.05) is 51.5 Å². The predicted molar refractivity (Wildman–Crippen MR) is 140 cm³/mol. The molecule has 1 unspecified atom stereocenters. The maximum Gasteiger partial charge on any atom is 0.387 e. The molecule has 0 bridgehead atoms. The number of hydrogen-bond acceptors (Lipinski definition) is 4. The maximum atomic E-state index is 12.7. The van der Waals surface area contributed by atoms with Crippen LogP contribution in [-0.2, 0) is 6.54 Å². The number of ether oxygens (including phenoxy) is 1. The van der Waals surface area contributed by atoms with Gasteiger partial charge in [-0.15, -0.1) is 24.0 Å². The number of aliphatic imine (C=N–C) groups is 1. The van der Waals surface area contributed by atoms with Crippen LogP contribution in [0.4, 0.5) is 20.2 Å². The Kier molecular flexibility index (Phi) is 9.16. The summed E-state index contributed by atoms with van der Waals surface area (Å²) < 4.78 is 30.2. The van der Waals surface area contributed by atoms with E-state index in [2.05, 4.69) is 61.8 Å². The van der Waals surface area contributed by atoms with Gasteiger partial charge in [-0.3, -0.25) is 4.99 Å². The van der Waals surface area contributed by atoms with Crippen LogP contribution in [0.25, 0.3) is 0 Å². The van der Waals surface area contributed by atoms with Crippen LogP contribution in [0, 0.1) is 0 Å². The van der Waals surface area contributed by atoms with Crippen molar-refractivity contribution in [3.8, 4) is 5.75 Å². The molecule has 2 aromatic rings. The summed E-state index contributed by atoms with van der Waals surface area (Å²) in [6.07, 6.45) is 5.24. The van der Waals surface area contributed by atoms with Crippen LogP contribution < -0.4 is 25.2 Å². The highest BCUT2D eigenvalue weighted by molar-refractivity contribution is 14.0. The summed E-state index contributed by atoms with van der Waals surface area (Å²) in [5.74, 6) is 0.931. The van der Waals surface area contributed by atoms with Crippen molar-refractivity contribution in [3.63, 3.8) is 0 Å². The number of para-hydroxylation sites is 2. The van der Waals surface area contributed by atoms with E-state index in [0.29, 0.717) is 18.8 Å². The Morgan fingerprint density at radius 3 is 2.67 bits per heavy atom. The molecule has 1 atom stereocenters. The fourth-order valence-corrected chi connectivity index (χ4v) is 4.14. The number of benzene rings is 2. The smallest absolute Gasteiger partial charge is 0.387 e. The zero-order valence-corrected chi connectivity index (χ0v) is 20.9. The van der Waals surface area contributed by atoms with Gasteiger partial charge in [-0.25, -0.2) is 0 Å². The molecule has 33 heavy (non-hydrogen) atoms. The molecular weight excluding hydrogens is 539 g/mol. The van der Waals surface area contributed by atoms with Gasteiger partial charge in [-0.1, -0.05) is 36.4 Å². The van der Waals surface area contributed by atoms with E-state index >= 15 is 0 Å². The van der Waals surface area contributed by atoms with E-state index in [4.69, 9.17) is 4.74 Å². The summed E-state index contributed by atoms with van der Waals surface area (Å²) in [7, 11) is 1.75. The number of guanidine groups is 1. The third kappa shape index (κ3) is 6.72. The standard InChI is InChI=1S/C24H29F2N5O.HI/c1-27-24(28-16-18-7-6-8-20(15-18)30-12-4-5-13-30)29-19-11-14-31(17-19)21-9-2-3-10-22(21)32-23(25)26;/h2-10,15,19,23H,11-14,16-17H2,1H3,(H2,27,28,29);1H. The minimum Gasteiger partial charge on any atom is -0.433 e. The lowest BCUT2D eigenvalue weighted by atomic mass is 10.2. The third-order valence-corrected chi connectivity index (χ3v) is 5.73. The van der Waals surface area contributed by atoms with Crippen LogP contribution in [-0.4, -0.2) is 51.8 Å². The molecule has 2 aliphatic heterocycles. The first-order valence-corrected chi connectivity index (χ1v) is 10.9. The first-order valence-electron chi connectivity index (χ1n) is 10.9. The number of nitrogens with zero attached hydrogens (tertiary/aromatic N) is 3. The fourth-order valence-electron chi connectivity index (χ4n) is 4.14. The van der Waals surface area contributed by atoms with Crippen molar-refractivity contribution in [2.75, 3.05) is 43.0 Å². The summed E-state index contributed by atoms with van der Waals surface area (Å²) in [4.78, 5) is 8.74. The van der Waals surface area contributed by atoms with Crippen LogP contribution in [0.1, 0.15) is 12.0 Å². The van der Waals surface area contributed by atoms with Crippen molar-refractivity contribution in [3.05, 3.63) is 66.2 Å². The summed E-state index contributed by atoms with van der Waals surface area (Å²) in [5.41, 5.74) is 3.09. The van der Waals surface area contributed by atoms with E-state index in [1.165, 1.54) is 11.3 Å². The summed E-state index contributed by atoms with van der Waals surface area (Å²) in [6, 6.07) is 15.6. The Bertz CT molecular complexity index is 963. The van der Waals surface area contributed by atoms with Crippen molar-refractivity contribution in [2.24, 2.45) is 4.99 Å². The van der Waals surface area contributed by atoms with E-state index in [0.717, 1.165) is 32.0 Å². The summed E-state index contributed by atoms with van der Waals surface area (Å²) in [5, 5.41) is 6.84. The SMILES string of the molecule is CN=C(NCc1cccc(N2CC=CC2)c1)NC1CCN(c2ccccc2OC(F)F)C1.I. The first kappa shape index (κ1) is 25.1. The number of rotatable bonds is 7. The number of nitrogens with one attached hydrogen (secondary N) is 2. The molecule has 0 radical (unpaired) electrons. The minimum absolute atomic E-state index is 0. The largest absolute Gasteiger partial charge is 0.433 e. The summed E-state index contributed by atoms with van der Waals surface area (Å²) >= 11 is 0. The lowest BCUT2D eigenvalue weighted by Gasteiger charge is -2.22. The molecule has 9 heteroatoms. The molecule has 2 N–H and O–H groups in total. The average molecular weight is 569 g/mol. The summed E-state index contributed by atoms with van der Waals surface area (Å²) in [6.45, 7) is 1.16. The van der Waals surface area contributed by atoms with Gasteiger partial charge in [0.2, 0.25) is 0 Å². The van der Waals surface area contributed by atoms with E-state index in [9.17, 15) is 8.78 Å². The van der Waals surface area contributed by atoms with E-state index < -0.39 is 6.61 Å². The van der Waals surface area contributed by atoms with Crippen LogP contribution >= 0.6 is 24.0 Å². The van der Waals surface area contributed by atoms with Crippen molar-refractivity contribution < 1.29 is 13.5 Å². The lowest BCUT2D eigenvalue weighted by molar-refractivity contribution is -0.0495. The normalized spacial score (nSPS) is 17.9. The zero-order valence-electron chi connectivity index (χ0n) is 18.6. The topological polar surface area (TPSA) is 52.1 Å². The quantitative estimate of drug-likeness (QED) is 0.227. The molecule has 1 saturated heterocycles. The van der Waals surface area contributed by atoms with Gasteiger partial charge in [0.05, 0.1) is 5.69 Å². The van der Waals surface area contributed by atoms with Gasteiger partial charge in [0.15, 0.2) is 5.96 Å². The van der Waals surface area contributed by atoms with E-state index in [1.54, 1.807) is 19.2 Å². The third-order valence-electron chi connectivity index (χ3n) is 5.73. The fraction of sp³-hybridized carbons (Fsp3) is 0.375. The molecule has 2 aromatic carbocycles. The van der Waals surface area contributed by atoms with Crippen molar-refractivity contribution in [2.45, 2.75) is 25.6 Å². The van der Waals surface area contributed by atoms with Crippen LogP contribution in [0.2, 0.25) is 0 Å². The maximum absolute atomic E-state index is 12.7. The molecule has 4 rings (SSSR count). The average Bonchev–Trinajstić information content (AvgIpc) is 3.49.